The van der Waals surface area contributed by atoms with Crippen molar-refractivity contribution in [2.24, 2.45) is 5.73 Å². The van der Waals surface area contributed by atoms with Gasteiger partial charge in [0.15, 0.2) is 0 Å². The van der Waals surface area contributed by atoms with Gasteiger partial charge in [-0.3, -0.25) is 0 Å². The molecule has 0 aliphatic carbocycles. The van der Waals surface area contributed by atoms with Crippen LogP contribution in [0.25, 0.3) is 0 Å². The molecule has 0 saturated heterocycles. The van der Waals surface area contributed by atoms with Crippen molar-refractivity contribution < 1.29 is 8.42 Å². The van der Waals surface area contributed by atoms with Gasteiger partial charge in [-0.05, 0) is 13.1 Å². The fourth-order valence-corrected chi connectivity index (χ4v) is 2.61. The number of hydrogen-bond acceptors (Lipinski definition) is 4. The molecule has 0 aliphatic rings. The Balaban J connectivity index is 3.05. The fourth-order valence-electron chi connectivity index (χ4n) is 0.726. The van der Waals surface area contributed by atoms with Gasteiger partial charge in [-0.2, -0.15) is 0 Å². The summed E-state index contributed by atoms with van der Waals surface area (Å²) in [6, 6.07) is 1.58. The first-order chi connectivity index (χ1) is 5.60. The largest absolute Gasteiger partial charge is 0.326 e. The third-order valence-electron chi connectivity index (χ3n) is 1.41. The first-order valence-corrected chi connectivity index (χ1v) is 5.67. The lowest BCUT2D eigenvalue weighted by molar-refractivity contribution is 0.588. The van der Waals surface area contributed by atoms with Gasteiger partial charge in [0.25, 0.3) is 0 Å². The van der Waals surface area contributed by atoms with E-state index in [2.05, 4.69) is 4.72 Å². The normalized spacial score (nSPS) is 11.8. The van der Waals surface area contributed by atoms with Crippen LogP contribution < -0.4 is 10.5 Å². The lowest BCUT2D eigenvalue weighted by Gasteiger charge is -1.95. The van der Waals surface area contributed by atoms with Crippen LogP contribution in [0.1, 0.15) is 4.88 Å². The van der Waals surface area contributed by atoms with E-state index in [1.165, 1.54) is 18.4 Å². The van der Waals surface area contributed by atoms with Crippen molar-refractivity contribution in [3.63, 3.8) is 0 Å². The molecule has 0 radical (unpaired) electrons. The van der Waals surface area contributed by atoms with Crippen molar-refractivity contribution in [2.45, 2.75) is 11.4 Å². The van der Waals surface area contributed by atoms with Crippen molar-refractivity contribution >= 4 is 21.4 Å². The molecule has 1 rings (SSSR count). The predicted molar refractivity (Wildman–Crippen MR) is 48.5 cm³/mol. The van der Waals surface area contributed by atoms with E-state index in [0.717, 1.165) is 4.88 Å². The van der Waals surface area contributed by atoms with Crippen molar-refractivity contribution in [2.75, 3.05) is 7.05 Å². The summed E-state index contributed by atoms with van der Waals surface area (Å²) in [5, 5.41) is 1.58. The number of thiophene rings is 1. The highest BCUT2D eigenvalue weighted by Gasteiger charge is 2.12. The minimum absolute atomic E-state index is 0.287. The highest BCUT2D eigenvalue weighted by atomic mass is 32.2. The van der Waals surface area contributed by atoms with Crippen LogP contribution in [0, 0.1) is 0 Å². The summed E-state index contributed by atoms with van der Waals surface area (Å²) in [4.78, 5) is 1.15. The van der Waals surface area contributed by atoms with Crippen LogP contribution in [0.5, 0.6) is 0 Å². The molecule has 0 spiro atoms. The molecule has 68 valence electrons. The SMILES string of the molecule is CNS(=O)(=O)c1csc(CN)c1. The van der Waals surface area contributed by atoms with E-state index in [1.807, 2.05) is 0 Å². The number of nitrogens with two attached hydrogens (primary N) is 1. The van der Waals surface area contributed by atoms with Gasteiger partial charge < -0.3 is 5.73 Å². The minimum Gasteiger partial charge on any atom is -0.326 e. The summed E-state index contributed by atoms with van der Waals surface area (Å²) in [6.07, 6.45) is 0. The first-order valence-electron chi connectivity index (χ1n) is 3.31. The predicted octanol–water partition coefficient (Wildman–Crippen LogP) is 0.115. The molecule has 1 aromatic heterocycles. The van der Waals surface area contributed by atoms with Crippen LogP contribution in [0.3, 0.4) is 0 Å². The zero-order valence-corrected chi connectivity index (χ0v) is 8.21. The van der Waals surface area contributed by atoms with Gasteiger partial charge in [-0.25, -0.2) is 13.1 Å². The monoisotopic (exact) mass is 206 g/mol. The molecular weight excluding hydrogens is 196 g/mol. The van der Waals surface area contributed by atoms with Crippen molar-refractivity contribution in [3.05, 3.63) is 16.3 Å². The molecule has 12 heavy (non-hydrogen) atoms. The third kappa shape index (κ3) is 1.84. The molecule has 1 heterocycles. The van der Waals surface area contributed by atoms with E-state index in [0.29, 0.717) is 6.54 Å². The second kappa shape index (κ2) is 3.53. The molecule has 0 bridgehead atoms. The Morgan fingerprint density at radius 3 is 2.75 bits per heavy atom. The summed E-state index contributed by atoms with van der Waals surface area (Å²) in [7, 11) is -1.90. The van der Waals surface area contributed by atoms with Crippen LogP contribution in [0.4, 0.5) is 0 Å². The maximum atomic E-state index is 11.2. The summed E-state index contributed by atoms with van der Waals surface area (Å²) >= 11 is 1.35. The van der Waals surface area contributed by atoms with Gasteiger partial charge >= 0.3 is 0 Å². The molecule has 6 heteroatoms. The van der Waals surface area contributed by atoms with Crippen molar-refractivity contribution in [1.82, 2.24) is 4.72 Å². The Hall–Kier alpha value is -0.430. The summed E-state index contributed by atoms with van der Waals surface area (Å²) in [5.74, 6) is 0. The third-order valence-corrected chi connectivity index (χ3v) is 3.91. The molecule has 0 fully saturated rings. The van der Waals surface area contributed by atoms with Crippen LogP contribution in [-0.4, -0.2) is 15.5 Å². The Morgan fingerprint density at radius 2 is 2.33 bits per heavy atom. The van der Waals surface area contributed by atoms with Gasteiger partial charge in [0.2, 0.25) is 10.0 Å². The fraction of sp³-hybridized carbons (Fsp3) is 0.333. The van der Waals surface area contributed by atoms with Gasteiger partial charge in [-0.1, -0.05) is 0 Å². The summed E-state index contributed by atoms with van der Waals surface area (Å²) in [6.45, 7) is 0.379. The Kier molecular flexibility index (Phi) is 2.84. The standard InChI is InChI=1S/C6H10N2O2S2/c1-8-12(9,10)6-2-5(3-7)11-4-6/h2,4,8H,3,7H2,1H3. The van der Waals surface area contributed by atoms with E-state index >= 15 is 0 Å². The molecule has 3 N–H and O–H groups in total. The number of nitrogens with one attached hydrogen (secondary N) is 1. The average Bonchev–Trinajstić information content (AvgIpc) is 2.52. The Bertz CT molecular complexity index is 355. The lowest BCUT2D eigenvalue weighted by atomic mass is 10.5. The average molecular weight is 206 g/mol. The minimum atomic E-state index is -3.28. The van der Waals surface area contributed by atoms with Crippen molar-refractivity contribution in [1.29, 1.82) is 0 Å². The van der Waals surface area contributed by atoms with E-state index in [1.54, 1.807) is 11.4 Å². The van der Waals surface area contributed by atoms with Gasteiger partial charge in [0, 0.05) is 16.8 Å². The highest BCUT2D eigenvalue weighted by molar-refractivity contribution is 7.89. The molecule has 0 atom stereocenters. The van der Waals surface area contributed by atoms with E-state index < -0.39 is 10.0 Å². The van der Waals surface area contributed by atoms with Crippen LogP contribution in [-0.2, 0) is 16.6 Å². The second-order valence-corrected chi connectivity index (χ2v) is 5.04. The Morgan fingerprint density at radius 1 is 1.67 bits per heavy atom. The summed E-state index contributed by atoms with van der Waals surface area (Å²) in [5.41, 5.74) is 5.34. The molecule has 0 saturated carbocycles. The number of sulfonamides is 1. The number of hydrogen-bond donors (Lipinski definition) is 2. The number of rotatable bonds is 3. The molecule has 0 amide bonds. The molecular formula is C6H10N2O2S2. The maximum Gasteiger partial charge on any atom is 0.241 e. The highest BCUT2D eigenvalue weighted by Crippen LogP contribution is 2.17. The van der Waals surface area contributed by atoms with Crippen LogP contribution in [0.15, 0.2) is 16.3 Å². The smallest absolute Gasteiger partial charge is 0.241 e. The van der Waals surface area contributed by atoms with Crippen molar-refractivity contribution in [3.8, 4) is 0 Å². The lowest BCUT2D eigenvalue weighted by Crippen LogP contribution is -2.17. The quantitative estimate of drug-likeness (QED) is 0.737. The first kappa shape index (κ1) is 9.66. The van der Waals surface area contributed by atoms with E-state index in [9.17, 15) is 8.42 Å². The molecule has 1 aromatic rings. The zero-order valence-electron chi connectivity index (χ0n) is 6.57. The Labute approximate surface area is 75.5 Å². The summed E-state index contributed by atoms with van der Waals surface area (Å²) < 4.78 is 24.6. The molecule has 0 aromatic carbocycles. The van der Waals surface area contributed by atoms with Gasteiger partial charge in [-0.15, -0.1) is 11.3 Å². The second-order valence-electron chi connectivity index (χ2n) is 2.16. The molecule has 0 unspecified atom stereocenters. The van der Waals surface area contributed by atoms with Crippen LogP contribution >= 0.6 is 11.3 Å². The van der Waals surface area contributed by atoms with E-state index in [4.69, 9.17) is 5.73 Å². The van der Waals surface area contributed by atoms with Gasteiger partial charge in [0.1, 0.15) is 0 Å². The van der Waals surface area contributed by atoms with Gasteiger partial charge in [0.05, 0.1) is 4.90 Å². The van der Waals surface area contributed by atoms with Crippen LogP contribution in [0.2, 0.25) is 0 Å². The van der Waals surface area contributed by atoms with E-state index in [-0.39, 0.29) is 4.90 Å². The molecule has 0 aliphatic heterocycles. The molecule has 4 nitrogen and oxygen atoms in total. The maximum absolute atomic E-state index is 11.2. The topological polar surface area (TPSA) is 72.2 Å². The zero-order chi connectivity index (χ0) is 9.19.